The molecule has 1 unspecified atom stereocenters. The number of amides is 3. The van der Waals surface area contributed by atoms with Gasteiger partial charge in [0.05, 0.1) is 12.3 Å². The van der Waals surface area contributed by atoms with Crippen LogP contribution in [0.2, 0.25) is 0 Å². The minimum atomic E-state index is -3.45. The lowest BCUT2D eigenvalue weighted by atomic mass is 10.1. The van der Waals surface area contributed by atoms with Gasteiger partial charge in [-0.3, -0.25) is 19.4 Å². The molecule has 3 heterocycles. The van der Waals surface area contributed by atoms with Crippen molar-refractivity contribution in [2.24, 2.45) is 10.7 Å². The summed E-state index contributed by atoms with van der Waals surface area (Å²) in [6, 6.07) is 6.00. The molecule has 0 aromatic heterocycles. The number of nitrogens with zero attached hydrogens (tertiary/aromatic N) is 4. The minimum Gasteiger partial charge on any atom is -0.368 e. The average molecular weight is 420 g/mol. The molecule has 3 aliphatic rings. The number of carbonyl (C=O) groups excluding carboxylic acids is 2. The Hall–Kier alpha value is -2.82. The van der Waals surface area contributed by atoms with E-state index < -0.39 is 22.0 Å². The lowest BCUT2D eigenvalue weighted by Gasteiger charge is -2.30. The van der Waals surface area contributed by atoms with Crippen LogP contribution in [0.4, 0.5) is 16.2 Å². The van der Waals surface area contributed by atoms with Crippen LogP contribution in [-0.4, -0.2) is 69.2 Å². The Kier molecular flexibility index (Phi) is 4.85. The fourth-order valence-electron chi connectivity index (χ4n) is 4.28. The van der Waals surface area contributed by atoms with E-state index in [1.54, 1.807) is 34.1 Å². The predicted octanol–water partition coefficient (Wildman–Crippen LogP) is 0.0602. The number of hydrogen-bond acceptors (Lipinski definition) is 6. The molecule has 1 aromatic rings. The van der Waals surface area contributed by atoms with E-state index >= 15 is 0 Å². The van der Waals surface area contributed by atoms with Gasteiger partial charge in [0.15, 0.2) is 0 Å². The van der Waals surface area contributed by atoms with Crippen molar-refractivity contribution in [1.29, 1.82) is 0 Å². The second kappa shape index (κ2) is 7.21. The number of aliphatic imine (C=N–C) groups is 1. The zero-order chi connectivity index (χ0) is 20.8. The maximum atomic E-state index is 12.8. The third-order valence-corrected chi connectivity index (χ3v) is 6.01. The molecule has 3 aliphatic heterocycles. The lowest BCUT2D eigenvalue weighted by Crippen LogP contribution is -2.47. The first-order valence-electron chi connectivity index (χ1n) is 9.55. The topological polar surface area (TPSA) is 128 Å². The van der Waals surface area contributed by atoms with Gasteiger partial charge in [-0.2, -0.15) is 0 Å². The molecule has 0 spiro atoms. The van der Waals surface area contributed by atoms with E-state index in [0.717, 1.165) is 31.2 Å². The number of sulfonamides is 1. The molecule has 0 radical (unpaired) electrons. The summed E-state index contributed by atoms with van der Waals surface area (Å²) in [6.07, 6.45) is 3.51. The first-order valence-corrected chi connectivity index (χ1v) is 11.4. The fourth-order valence-corrected chi connectivity index (χ4v) is 4.78. The first kappa shape index (κ1) is 19.5. The van der Waals surface area contributed by atoms with E-state index in [0.29, 0.717) is 25.3 Å². The number of anilines is 2. The number of carbonyl (C=O) groups is 2. The highest BCUT2D eigenvalue weighted by Gasteiger charge is 2.51. The van der Waals surface area contributed by atoms with Gasteiger partial charge in [-0.15, -0.1) is 0 Å². The molecular weight excluding hydrogens is 396 g/mol. The van der Waals surface area contributed by atoms with Crippen LogP contribution in [-0.2, 0) is 14.8 Å². The third kappa shape index (κ3) is 3.61. The summed E-state index contributed by atoms with van der Waals surface area (Å²) in [7, 11) is -3.45. The molecule has 0 aliphatic carbocycles. The molecular formula is C18H24N6O4S. The lowest BCUT2D eigenvalue weighted by molar-refractivity contribution is -0.119. The van der Waals surface area contributed by atoms with Crippen molar-refractivity contribution in [3.8, 4) is 0 Å². The Morgan fingerprint density at radius 1 is 1.17 bits per heavy atom. The second-order valence-electron chi connectivity index (χ2n) is 7.50. The molecule has 0 bridgehead atoms. The average Bonchev–Trinajstić information content (AvgIpc) is 3.23. The number of urea groups is 1. The molecule has 1 aromatic carbocycles. The molecule has 156 valence electrons. The van der Waals surface area contributed by atoms with E-state index in [9.17, 15) is 18.0 Å². The van der Waals surface area contributed by atoms with Gasteiger partial charge in [0, 0.05) is 31.0 Å². The summed E-state index contributed by atoms with van der Waals surface area (Å²) in [5.74, 6) is -0.237. The highest BCUT2D eigenvalue weighted by molar-refractivity contribution is 7.89. The van der Waals surface area contributed by atoms with Crippen LogP contribution in [0.15, 0.2) is 29.3 Å². The number of nitrogens with two attached hydrogens (primary N) is 1. The summed E-state index contributed by atoms with van der Waals surface area (Å²) in [5.41, 5.74) is 6.95. The predicted molar refractivity (Wildman–Crippen MR) is 109 cm³/mol. The maximum absolute atomic E-state index is 12.8. The van der Waals surface area contributed by atoms with Crippen LogP contribution in [0, 0.1) is 0 Å². The number of hydrogen-bond donors (Lipinski definition) is 2. The molecule has 3 amide bonds. The van der Waals surface area contributed by atoms with Gasteiger partial charge in [-0.1, -0.05) is 0 Å². The summed E-state index contributed by atoms with van der Waals surface area (Å²) in [5, 5.41) is 0. The van der Waals surface area contributed by atoms with E-state index in [-0.39, 0.29) is 18.0 Å². The van der Waals surface area contributed by atoms with Crippen molar-refractivity contribution in [3.05, 3.63) is 24.3 Å². The monoisotopic (exact) mass is 420 g/mol. The highest BCUT2D eigenvalue weighted by Crippen LogP contribution is 2.35. The van der Waals surface area contributed by atoms with Gasteiger partial charge in [0.1, 0.15) is 6.04 Å². The van der Waals surface area contributed by atoms with Crippen molar-refractivity contribution in [1.82, 2.24) is 9.62 Å². The summed E-state index contributed by atoms with van der Waals surface area (Å²) in [6.45, 7) is 1.79. The fraction of sp³-hybridized carbons (Fsp3) is 0.500. The van der Waals surface area contributed by atoms with Gasteiger partial charge in [0.25, 0.3) is 0 Å². The Balaban J connectivity index is 1.61. The SMILES string of the molecule is CS(=O)(=O)NC1=NCCCN1c1ccc(N2C(=O)N3CCC[C@@H]3C2C(N)=O)cc1. The van der Waals surface area contributed by atoms with E-state index in [1.807, 2.05) is 0 Å². The van der Waals surface area contributed by atoms with Gasteiger partial charge < -0.3 is 15.5 Å². The third-order valence-electron chi connectivity index (χ3n) is 5.46. The van der Waals surface area contributed by atoms with Crippen molar-refractivity contribution in [3.63, 3.8) is 0 Å². The van der Waals surface area contributed by atoms with Gasteiger partial charge >= 0.3 is 6.03 Å². The van der Waals surface area contributed by atoms with Crippen molar-refractivity contribution < 1.29 is 18.0 Å². The van der Waals surface area contributed by atoms with E-state index in [4.69, 9.17) is 5.73 Å². The molecule has 2 saturated heterocycles. The largest absolute Gasteiger partial charge is 0.368 e. The molecule has 2 fully saturated rings. The van der Waals surface area contributed by atoms with Crippen LogP contribution in [0.5, 0.6) is 0 Å². The number of benzene rings is 1. The maximum Gasteiger partial charge on any atom is 0.325 e. The molecule has 4 rings (SSSR count). The normalized spacial score (nSPS) is 24.5. The van der Waals surface area contributed by atoms with Gasteiger partial charge in [-0.25, -0.2) is 13.2 Å². The number of primary amides is 1. The number of fused-ring (bicyclic) bond motifs is 1. The van der Waals surface area contributed by atoms with Crippen LogP contribution in [0.3, 0.4) is 0 Å². The second-order valence-corrected chi connectivity index (χ2v) is 9.25. The van der Waals surface area contributed by atoms with Crippen molar-refractivity contribution in [2.75, 3.05) is 35.7 Å². The summed E-state index contributed by atoms with van der Waals surface area (Å²) >= 11 is 0. The molecule has 29 heavy (non-hydrogen) atoms. The Morgan fingerprint density at radius 2 is 1.86 bits per heavy atom. The molecule has 11 heteroatoms. The van der Waals surface area contributed by atoms with Crippen LogP contribution >= 0.6 is 0 Å². The number of nitrogens with one attached hydrogen (secondary N) is 1. The van der Waals surface area contributed by atoms with Crippen molar-refractivity contribution >= 4 is 39.3 Å². The zero-order valence-corrected chi connectivity index (χ0v) is 16.9. The smallest absolute Gasteiger partial charge is 0.325 e. The Labute approximate surface area is 169 Å². The van der Waals surface area contributed by atoms with E-state index in [1.165, 1.54) is 4.90 Å². The van der Waals surface area contributed by atoms with Crippen LogP contribution in [0.25, 0.3) is 0 Å². The molecule has 10 nitrogen and oxygen atoms in total. The molecule has 3 N–H and O–H groups in total. The summed E-state index contributed by atoms with van der Waals surface area (Å²) < 4.78 is 25.7. The van der Waals surface area contributed by atoms with Crippen molar-refractivity contribution in [2.45, 2.75) is 31.3 Å². The number of guanidine groups is 1. The Morgan fingerprint density at radius 3 is 2.52 bits per heavy atom. The van der Waals surface area contributed by atoms with Crippen LogP contribution in [0.1, 0.15) is 19.3 Å². The van der Waals surface area contributed by atoms with Gasteiger partial charge in [0.2, 0.25) is 21.9 Å². The van der Waals surface area contributed by atoms with E-state index in [2.05, 4.69) is 9.71 Å². The summed E-state index contributed by atoms with van der Waals surface area (Å²) in [4.78, 5) is 34.2. The minimum absolute atomic E-state index is 0.181. The highest BCUT2D eigenvalue weighted by atomic mass is 32.2. The zero-order valence-electron chi connectivity index (χ0n) is 16.1. The number of rotatable bonds is 4. The van der Waals surface area contributed by atoms with Gasteiger partial charge in [-0.05, 0) is 43.5 Å². The molecule has 0 saturated carbocycles. The Bertz CT molecular complexity index is 961. The molecule has 2 atom stereocenters. The quantitative estimate of drug-likeness (QED) is 0.712. The standard InChI is InChI=1S/C18H24N6O4S/c1-29(27,28)21-17-20-9-3-11-22(17)12-5-7-13(8-6-12)24-15(16(19)25)14-4-2-10-23(14)18(24)26/h5-8,14-15H,2-4,9-11H2,1H3,(H2,19,25)(H,20,21)/t14-,15?/m1/s1. The first-order chi connectivity index (χ1) is 13.8. The van der Waals surface area contributed by atoms with Crippen LogP contribution < -0.4 is 20.3 Å².